The van der Waals surface area contributed by atoms with Crippen molar-refractivity contribution in [3.63, 3.8) is 0 Å². The molecule has 0 bridgehead atoms. The van der Waals surface area contributed by atoms with Crippen molar-refractivity contribution in [1.82, 2.24) is 10.2 Å². The summed E-state index contributed by atoms with van der Waals surface area (Å²) in [5.74, 6) is 1.10. The van der Waals surface area contributed by atoms with Gasteiger partial charge in [-0.15, -0.1) is 0 Å². The summed E-state index contributed by atoms with van der Waals surface area (Å²) in [6, 6.07) is 14.9. The molecule has 0 aromatic heterocycles. The van der Waals surface area contributed by atoms with Crippen LogP contribution in [-0.4, -0.2) is 35.4 Å². The Bertz CT molecular complexity index is 1040. The molecule has 5 nitrogen and oxygen atoms in total. The number of hydrogen-bond donors (Lipinski definition) is 1. The fourth-order valence-corrected chi connectivity index (χ4v) is 5.43. The topological polar surface area (TPSA) is 58.6 Å². The van der Waals surface area contributed by atoms with Gasteiger partial charge in [0, 0.05) is 18.5 Å². The smallest absolute Gasteiger partial charge is 0.261 e. The fraction of sp³-hybridized carbons (Fsp3) is 0.517. The first-order valence-corrected chi connectivity index (χ1v) is 13.0. The number of carbonyl (C=O) groups is 2. The van der Waals surface area contributed by atoms with Crippen LogP contribution in [0.15, 0.2) is 42.5 Å². The monoisotopic (exact) mass is 460 g/mol. The Morgan fingerprint density at radius 3 is 2.47 bits per heavy atom. The predicted octanol–water partition coefficient (Wildman–Crippen LogP) is 5.10. The van der Waals surface area contributed by atoms with E-state index >= 15 is 0 Å². The number of rotatable bonds is 7. The van der Waals surface area contributed by atoms with E-state index < -0.39 is 6.10 Å². The maximum atomic E-state index is 13.6. The second-order valence-corrected chi connectivity index (χ2v) is 10.2. The zero-order chi connectivity index (χ0) is 23.7. The first-order valence-electron chi connectivity index (χ1n) is 13.0. The molecule has 0 spiro atoms. The minimum absolute atomic E-state index is 0.0316. The van der Waals surface area contributed by atoms with Crippen molar-refractivity contribution in [2.24, 2.45) is 5.92 Å². The number of nitrogens with one attached hydrogen (secondary N) is 1. The standard InChI is InChI=1S/C29H36N2O3/c1-3-26(28(32)30-23-13-14-23)34-24-15-12-20-16-17-31(29(33)22-6-4-5-7-22)27(25(20)18-24)21-10-8-19(2)9-11-21/h8-12,15,18,22-23,26-27H,3-7,13-14,16-17H2,1-2H3,(H,30,32)/t26-,27+/m1/s1. The third-order valence-electron chi connectivity index (χ3n) is 7.59. The van der Waals surface area contributed by atoms with Gasteiger partial charge in [-0.3, -0.25) is 9.59 Å². The van der Waals surface area contributed by atoms with Crippen molar-refractivity contribution < 1.29 is 14.3 Å². The molecule has 5 rings (SSSR count). The van der Waals surface area contributed by atoms with Gasteiger partial charge in [0.15, 0.2) is 6.10 Å². The minimum atomic E-state index is -0.503. The third kappa shape index (κ3) is 4.84. The molecular weight excluding hydrogens is 424 g/mol. The second kappa shape index (κ2) is 9.81. The van der Waals surface area contributed by atoms with E-state index in [-0.39, 0.29) is 23.8 Å². The number of nitrogens with zero attached hydrogens (tertiary/aromatic N) is 1. The number of benzene rings is 2. The molecule has 2 atom stereocenters. The molecule has 0 radical (unpaired) electrons. The van der Waals surface area contributed by atoms with Gasteiger partial charge < -0.3 is 15.0 Å². The molecule has 2 aromatic rings. The van der Waals surface area contributed by atoms with E-state index in [1.165, 1.54) is 11.1 Å². The maximum absolute atomic E-state index is 13.6. The molecule has 1 heterocycles. The number of amides is 2. The Morgan fingerprint density at radius 2 is 1.79 bits per heavy atom. The van der Waals surface area contributed by atoms with Crippen molar-refractivity contribution in [1.29, 1.82) is 0 Å². The summed E-state index contributed by atoms with van der Waals surface area (Å²) in [5.41, 5.74) is 4.71. The summed E-state index contributed by atoms with van der Waals surface area (Å²) in [4.78, 5) is 28.3. The van der Waals surface area contributed by atoms with Gasteiger partial charge in [-0.1, -0.05) is 55.7 Å². The van der Waals surface area contributed by atoms with Crippen LogP contribution in [0.25, 0.3) is 0 Å². The van der Waals surface area contributed by atoms with Crippen LogP contribution in [0.4, 0.5) is 0 Å². The van der Waals surface area contributed by atoms with Gasteiger partial charge in [0.2, 0.25) is 5.91 Å². The molecule has 1 N–H and O–H groups in total. The summed E-state index contributed by atoms with van der Waals surface area (Å²) >= 11 is 0. The van der Waals surface area contributed by atoms with Crippen LogP contribution in [0.5, 0.6) is 5.75 Å². The molecule has 3 aliphatic rings. The van der Waals surface area contributed by atoms with Crippen molar-refractivity contribution in [2.75, 3.05) is 6.54 Å². The Kier molecular flexibility index (Phi) is 6.62. The molecule has 0 saturated heterocycles. The maximum Gasteiger partial charge on any atom is 0.261 e. The van der Waals surface area contributed by atoms with Gasteiger partial charge >= 0.3 is 0 Å². The number of hydrogen-bond acceptors (Lipinski definition) is 3. The average Bonchev–Trinajstić information content (AvgIpc) is 3.49. The molecular formula is C29H36N2O3. The number of ether oxygens (including phenoxy) is 1. The summed E-state index contributed by atoms with van der Waals surface area (Å²) in [5, 5.41) is 3.06. The summed E-state index contributed by atoms with van der Waals surface area (Å²) in [6.45, 7) is 4.80. The van der Waals surface area contributed by atoms with Crippen molar-refractivity contribution >= 4 is 11.8 Å². The van der Waals surface area contributed by atoms with Crippen LogP contribution >= 0.6 is 0 Å². The molecule has 2 saturated carbocycles. The van der Waals surface area contributed by atoms with Gasteiger partial charge in [0.1, 0.15) is 5.75 Å². The van der Waals surface area contributed by atoms with E-state index in [1.54, 1.807) is 0 Å². The molecule has 2 fully saturated rings. The lowest BCUT2D eigenvalue weighted by Gasteiger charge is -2.39. The Morgan fingerprint density at radius 1 is 1.06 bits per heavy atom. The normalized spacial score (nSPS) is 21.1. The largest absolute Gasteiger partial charge is 0.481 e. The number of aryl methyl sites for hydroxylation is 1. The van der Waals surface area contributed by atoms with Gasteiger partial charge in [-0.2, -0.15) is 0 Å². The molecule has 180 valence electrons. The quantitative estimate of drug-likeness (QED) is 0.626. The van der Waals surface area contributed by atoms with E-state index in [4.69, 9.17) is 4.74 Å². The zero-order valence-electron chi connectivity index (χ0n) is 20.4. The Labute approximate surface area is 202 Å². The number of fused-ring (bicyclic) bond motifs is 1. The first-order chi connectivity index (χ1) is 16.5. The molecule has 1 aliphatic heterocycles. The van der Waals surface area contributed by atoms with Gasteiger partial charge in [-0.25, -0.2) is 0 Å². The minimum Gasteiger partial charge on any atom is -0.481 e. The summed E-state index contributed by atoms with van der Waals surface area (Å²) < 4.78 is 6.20. The van der Waals surface area contributed by atoms with Crippen LogP contribution in [0.1, 0.15) is 80.2 Å². The van der Waals surface area contributed by atoms with E-state index in [0.717, 1.165) is 62.6 Å². The summed E-state index contributed by atoms with van der Waals surface area (Å²) in [6.07, 6.45) is 7.37. The van der Waals surface area contributed by atoms with Crippen LogP contribution in [0, 0.1) is 12.8 Å². The van der Waals surface area contributed by atoms with E-state index in [9.17, 15) is 9.59 Å². The van der Waals surface area contributed by atoms with E-state index in [0.29, 0.717) is 18.2 Å². The SMILES string of the molecule is CC[C@@H](Oc1ccc2c(c1)[C@H](c1ccc(C)cc1)N(C(=O)C1CCCC1)CC2)C(=O)NC1CC1. The predicted molar refractivity (Wildman–Crippen MR) is 133 cm³/mol. The van der Waals surface area contributed by atoms with Crippen molar-refractivity contribution in [3.05, 3.63) is 64.7 Å². The average molecular weight is 461 g/mol. The third-order valence-corrected chi connectivity index (χ3v) is 7.59. The Hall–Kier alpha value is -2.82. The van der Waals surface area contributed by atoms with Crippen LogP contribution in [-0.2, 0) is 16.0 Å². The van der Waals surface area contributed by atoms with Crippen molar-refractivity contribution in [2.45, 2.75) is 83.4 Å². The van der Waals surface area contributed by atoms with E-state index in [2.05, 4.69) is 53.5 Å². The lowest BCUT2D eigenvalue weighted by atomic mass is 9.86. The highest BCUT2D eigenvalue weighted by Crippen LogP contribution is 2.40. The lowest BCUT2D eigenvalue weighted by Crippen LogP contribution is -2.43. The Balaban J connectivity index is 1.46. The molecule has 0 unspecified atom stereocenters. The lowest BCUT2D eigenvalue weighted by molar-refractivity contribution is -0.137. The molecule has 2 aliphatic carbocycles. The van der Waals surface area contributed by atoms with Gasteiger partial charge in [-0.05, 0) is 74.3 Å². The highest BCUT2D eigenvalue weighted by molar-refractivity contribution is 5.82. The number of carbonyl (C=O) groups excluding carboxylic acids is 2. The first kappa shape index (κ1) is 22.9. The van der Waals surface area contributed by atoms with Crippen molar-refractivity contribution in [3.8, 4) is 5.75 Å². The zero-order valence-corrected chi connectivity index (χ0v) is 20.4. The summed E-state index contributed by atoms with van der Waals surface area (Å²) in [7, 11) is 0. The van der Waals surface area contributed by atoms with Crippen LogP contribution in [0.3, 0.4) is 0 Å². The van der Waals surface area contributed by atoms with Crippen LogP contribution in [0.2, 0.25) is 0 Å². The van der Waals surface area contributed by atoms with E-state index in [1.807, 2.05) is 13.0 Å². The second-order valence-electron chi connectivity index (χ2n) is 10.2. The highest BCUT2D eigenvalue weighted by Gasteiger charge is 2.36. The van der Waals surface area contributed by atoms with Gasteiger partial charge in [0.05, 0.1) is 6.04 Å². The molecule has 2 aromatic carbocycles. The molecule has 34 heavy (non-hydrogen) atoms. The fourth-order valence-electron chi connectivity index (χ4n) is 5.43. The highest BCUT2D eigenvalue weighted by atomic mass is 16.5. The van der Waals surface area contributed by atoms with Gasteiger partial charge in [0.25, 0.3) is 5.91 Å². The molecule has 5 heteroatoms. The van der Waals surface area contributed by atoms with Crippen LogP contribution < -0.4 is 10.1 Å². The molecule has 2 amide bonds.